The molecule has 3 rings (SSSR count). The van der Waals surface area contributed by atoms with Gasteiger partial charge in [0.25, 0.3) is 23.0 Å². The Morgan fingerprint density at radius 2 is 1.47 bits per heavy atom. The summed E-state index contributed by atoms with van der Waals surface area (Å²) >= 11 is 0. The molecule has 0 aliphatic carbocycles. The Kier molecular flexibility index (Phi) is 5.80. The first-order chi connectivity index (χ1) is 14.3. The quantitative estimate of drug-likeness (QED) is 0.524. The number of benzene rings is 1. The highest BCUT2D eigenvalue weighted by atomic mass is 16.6. The molecule has 0 N–H and O–H groups in total. The summed E-state index contributed by atoms with van der Waals surface area (Å²) in [4.78, 5) is 51.0. The van der Waals surface area contributed by atoms with Crippen LogP contribution in [0.4, 0.5) is 22.9 Å². The number of anilines is 1. The molecule has 0 spiro atoms. The second-order valence-electron chi connectivity index (χ2n) is 6.52. The van der Waals surface area contributed by atoms with E-state index < -0.39 is 32.1 Å². The topological polar surface area (TPSA) is 166 Å². The van der Waals surface area contributed by atoms with Crippen LogP contribution in [0.3, 0.4) is 0 Å². The maximum absolute atomic E-state index is 12.8. The lowest BCUT2D eigenvalue weighted by atomic mass is 10.1. The van der Waals surface area contributed by atoms with Crippen LogP contribution in [0.25, 0.3) is 0 Å². The number of rotatable bonds is 5. The fraction of sp³-hybridized carbons (Fsp3) is 0.294. The van der Waals surface area contributed by atoms with E-state index in [2.05, 4.69) is 4.98 Å². The zero-order valence-corrected chi connectivity index (χ0v) is 15.5. The van der Waals surface area contributed by atoms with Crippen molar-refractivity contribution in [3.8, 4) is 0 Å². The van der Waals surface area contributed by atoms with Crippen LogP contribution in [0.1, 0.15) is 16.8 Å². The van der Waals surface area contributed by atoms with E-state index in [0.29, 0.717) is 31.9 Å². The van der Waals surface area contributed by atoms with E-state index in [4.69, 9.17) is 0 Å². The van der Waals surface area contributed by atoms with Gasteiger partial charge in [-0.1, -0.05) is 0 Å². The van der Waals surface area contributed by atoms with E-state index >= 15 is 0 Å². The number of nitro groups is 3. The molecule has 1 aromatic carbocycles. The third-order valence-corrected chi connectivity index (χ3v) is 4.62. The van der Waals surface area contributed by atoms with Crippen LogP contribution in [0.5, 0.6) is 0 Å². The van der Waals surface area contributed by atoms with E-state index in [-0.39, 0.29) is 17.8 Å². The molecule has 13 heteroatoms. The number of amides is 1. The third-order valence-electron chi connectivity index (χ3n) is 4.62. The highest BCUT2D eigenvalue weighted by molar-refractivity contribution is 5.95. The number of carbonyl (C=O) groups is 1. The molecule has 0 bridgehead atoms. The van der Waals surface area contributed by atoms with Crippen molar-refractivity contribution in [1.82, 2.24) is 9.88 Å². The summed E-state index contributed by atoms with van der Waals surface area (Å²) in [6.45, 7) is 1.53. The van der Waals surface area contributed by atoms with Crippen LogP contribution >= 0.6 is 0 Å². The van der Waals surface area contributed by atoms with E-state index in [0.717, 1.165) is 24.4 Å². The second-order valence-corrected chi connectivity index (χ2v) is 6.52. The summed E-state index contributed by atoms with van der Waals surface area (Å²) in [7, 11) is 0. The fourth-order valence-electron chi connectivity index (χ4n) is 3.13. The first-order valence-corrected chi connectivity index (χ1v) is 8.85. The van der Waals surface area contributed by atoms with Gasteiger partial charge in [0.15, 0.2) is 0 Å². The Morgan fingerprint density at radius 3 is 2.00 bits per heavy atom. The second kappa shape index (κ2) is 8.46. The number of non-ortho nitro benzene ring substituents is 2. The van der Waals surface area contributed by atoms with Crippen molar-refractivity contribution in [2.75, 3.05) is 31.1 Å². The van der Waals surface area contributed by atoms with Crippen molar-refractivity contribution in [3.05, 3.63) is 72.4 Å². The number of carbonyl (C=O) groups excluding carboxylic acids is 1. The highest BCUT2D eigenvalue weighted by Gasteiger charge is 2.25. The number of hydrogen-bond donors (Lipinski definition) is 0. The summed E-state index contributed by atoms with van der Waals surface area (Å²) in [5.74, 6) is -0.0128. The zero-order valence-electron chi connectivity index (χ0n) is 15.5. The maximum Gasteiger partial charge on any atom is 0.287 e. The molecule has 1 aliphatic rings. The first-order valence-electron chi connectivity index (χ1n) is 8.85. The highest BCUT2D eigenvalue weighted by Crippen LogP contribution is 2.24. The SMILES string of the molecule is O=C(c1cc([N+](=O)[O-])cc([N+](=O)[O-])c1)N1CCCN(c2ccc([N+](=O)[O-])cn2)CC1. The van der Waals surface area contributed by atoms with Gasteiger partial charge in [-0.25, -0.2) is 4.98 Å². The third kappa shape index (κ3) is 4.45. The van der Waals surface area contributed by atoms with Crippen LogP contribution < -0.4 is 4.90 Å². The predicted octanol–water partition coefficient (Wildman–Crippen LogP) is 2.16. The molecule has 1 saturated heterocycles. The minimum atomic E-state index is -0.784. The summed E-state index contributed by atoms with van der Waals surface area (Å²) in [6.07, 6.45) is 1.72. The smallest absolute Gasteiger partial charge is 0.287 e. The van der Waals surface area contributed by atoms with Gasteiger partial charge in [0.1, 0.15) is 12.0 Å². The lowest BCUT2D eigenvalue weighted by Crippen LogP contribution is -2.35. The molecule has 0 saturated carbocycles. The number of hydrogen-bond acceptors (Lipinski definition) is 9. The number of pyridine rings is 1. The Labute approximate surface area is 169 Å². The van der Waals surface area contributed by atoms with Crippen molar-refractivity contribution in [2.45, 2.75) is 6.42 Å². The molecule has 2 aromatic rings. The molecule has 13 nitrogen and oxygen atoms in total. The van der Waals surface area contributed by atoms with Crippen molar-refractivity contribution in [1.29, 1.82) is 0 Å². The molecule has 0 atom stereocenters. The average molecular weight is 416 g/mol. The van der Waals surface area contributed by atoms with Crippen molar-refractivity contribution in [2.24, 2.45) is 0 Å². The molecule has 30 heavy (non-hydrogen) atoms. The van der Waals surface area contributed by atoms with Crippen LogP contribution in [0, 0.1) is 30.3 Å². The van der Waals surface area contributed by atoms with Crippen molar-refractivity contribution < 1.29 is 19.6 Å². The van der Waals surface area contributed by atoms with Crippen LogP contribution in [0.2, 0.25) is 0 Å². The van der Waals surface area contributed by atoms with Gasteiger partial charge in [-0.3, -0.25) is 35.1 Å². The zero-order chi connectivity index (χ0) is 21.8. The summed E-state index contributed by atoms with van der Waals surface area (Å²) in [5.41, 5.74) is -1.31. The van der Waals surface area contributed by atoms with Gasteiger partial charge in [-0.05, 0) is 12.5 Å². The molecular formula is C17H16N6O7. The lowest BCUT2D eigenvalue weighted by molar-refractivity contribution is -0.394. The minimum Gasteiger partial charge on any atom is -0.355 e. The van der Waals surface area contributed by atoms with Crippen molar-refractivity contribution >= 4 is 28.8 Å². The molecule has 1 amide bonds. The van der Waals surface area contributed by atoms with Gasteiger partial charge >= 0.3 is 0 Å². The van der Waals surface area contributed by atoms with E-state index in [1.807, 2.05) is 4.90 Å². The molecule has 156 valence electrons. The van der Waals surface area contributed by atoms with Gasteiger partial charge in [-0.2, -0.15) is 0 Å². The largest absolute Gasteiger partial charge is 0.355 e. The lowest BCUT2D eigenvalue weighted by Gasteiger charge is -2.22. The van der Waals surface area contributed by atoms with Crippen LogP contribution in [-0.4, -0.2) is 56.7 Å². The standard InChI is InChI=1S/C17H16N6O7/c24-17(12-8-14(22(27)28)10-15(9-12)23(29)30)20-5-1-4-19(6-7-20)16-3-2-13(11-18-16)21(25)26/h2-3,8-11H,1,4-7H2. The van der Waals surface area contributed by atoms with Gasteiger partial charge in [0, 0.05) is 44.4 Å². The molecule has 1 aliphatic heterocycles. The van der Waals surface area contributed by atoms with Gasteiger partial charge in [0.05, 0.1) is 26.4 Å². The molecular weight excluding hydrogens is 400 g/mol. The predicted molar refractivity (Wildman–Crippen MR) is 103 cm³/mol. The fourth-order valence-corrected chi connectivity index (χ4v) is 3.13. The van der Waals surface area contributed by atoms with E-state index in [1.54, 1.807) is 0 Å². The van der Waals surface area contributed by atoms with Gasteiger partial charge in [-0.15, -0.1) is 0 Å². The summed E-state index contributed by atoms with van der Waals surface area (Å²) in [6, 6.07) is 5.73. The Balaban J connectivity index is 1.76. The van der Waals surface area contributed by atoms with Crippen LogP contribution in [0.15, 0.2) is 36.5 Å². The first kappa shape index (κ1) is 20.6. The number of nitrogens with zero attached hydrogens (tertiary/aromatic N) is 6. The van der Waals surface area contributed by atoms with Gasteiger partial charge < -0.3 is 9.80 Å². The monoisotopic (exact) mass is 416 g/mol. The Bertz CT molecular complexity index is 978. The Hall–Kier alpha value is -4.16. The summed E-state index contributed by atoms with van der Waals surface area (Å²) < 4.78 is 0. The maximum atomic E-state index is 12.8. The molecule has 0 radical (unpaired) electrons. The van der Waals surface area contributed by atoms with Crippen LogP contribution in [-0.2, 0) is 0 Å². The average Bonchev–Trinajstić information content (AvgIpc) is 2.99. The van der Waals surface area contributed by atoms with E-state index in [1.165, 1.54) is 17.0 Å². The molecule has 2 heterocycles. The van der Waals surface area contributed by atoms with Gasteiger partial charge in [0.2, 0.25) is 0 Å². The summed E-state index contributed by atoms with van der Waals surface area (Å²) in [5, 5.41) is 32.9. The minimum absolute atomic E-state index is 0.127. The normalized spacial score (nSPS) is 14.1. The molecule has 0 unspecified atom stereocenters. The number of aromatic nitrogens is 1. The molecule has 1 aromatic heterocycles. The number of nitro benzene ring substituents is 2. The molecule has 1 fully saturated rings. The van der Waals surface area contributed by atoms with Crippen molar-refractivity contribution in [3.63, 3.8) is 0 Å². The van der Waals surface area contributed by atoms with E-state index in [9.17, 15) is 35.1 Å². The Morgan fingerprint density at radius 1 is 0.833 bits per heavy atom.